The molecule has 0 aromatic heterocycles. The van der Waals surface area contributed by atoms with Crippen molar-refractivity contribution in [1.29, 1.82) is 10.5 Å². The van der Waals surface area contributed by atoms with Crippen molar-refractivity contribution < 1.29 is 4.74 Å². The minimum atomic E-state index is -0.642. The molecule has 1 aromatic carbocycles. The fourth-order valence-corrected chi connectivity index (χ4v) is 2.64. The molecule has 2 rings (SSSR count). The van der Waals surface area contributed by atoms with Crippen LogP contribution in [0.25, 0.3) is 0 Å². The molecular formula is C14H14N2O. The van der Waals surface area contributed by atoms with Crippen LogP contribution >= 0.6 is 0 Å². The Morgan fingerprint density at radius 2 is 2.24 bits per heavy atom. The van der Waals surface area contributed by atoms with Crippen LogP contribution < -0.4 is 4.74 Å². The number of nitriles is 2. The zero-order chi connectivity index (χ0) is 12.3. The lowest BCUT2D eigenvalue weighted by Crippen LogP contribution is -2.29. The Hall–Kier alpha value is -2.00. The topological polar surface area (TPSA) is 56.8 Å². The van der Waals surface area contributed by atoms with Crippen molar-refractivity contribution in [3.05, 3.63) is 29.3 Å². The van der Waals surface area contributed by atoms with Gasteiger partial charge in [0.05, 0.1) is 31.1 Å². The summed E-state index contributed by atoms with van der Waals surface area (Å²) < 4.78 is 5.34. The van der Waals surface area contributed by atoms with Crippen LogP contribution in [0.4, 0.5) is 0 Å². The lowest BCUT2D eigenvalue weighted by molar-refractivity contribution is 0.393. The van der Waals surface area contributed by atoms with Crippen LogP contribution in [0.2, 0.25) is 0 Å². The minimum Gasteiger partial charge on any atom is -0.496 e. The van der Waals surface area contributed by atoms with Crippen molar-refractivity contribution in [1.82, 2.24) is 0 Å². The van der Waals surface area contributed by atoms with Crippen LogP contribution in [0.15, 0.2) is 18.2 Å². The molecule has 1 aliphatic carbocycles. The van der Waals surface area contributed by atoms with Crippen molar-refractivity contribution in [2.45, 2.75) is 31.1 Å². The quantitative estimate of drug-likeness (QED) is 0.779. The first-order valence-electron chi connectivity index (χ1n) is 5.72. The van der Waals surface area contributed by atoms with Gasteiger partial charge in [0.15, 0.2) is 0 Å². The van der Waals surface area contributed by atoms with E-state index < -0.39 is 5.41 Å². The van der Waals surface area contributed by atoms with Crippen LogP contribution in [0.5, 0.6) is 5.75 Å². The largest absolute Gasteiger partial charge is 0.496 e. The highest BCUT2D eigenvalue weighted by molar-refractivity contribution is 5.49. The molecule has 0 N–H and O–H groups in total. The number of nitrogens with zero attached hydrogens (tertiary/aromatic N) is 2. The third-order valence-corrected chi connectivity index (χ3v) is 3.49. The molecule has 0 aliphatic heterocycles. The van der Waals surface area contributed by atoms with E-state index in [0.29, 0.717) is 0 Å². The van der Waals surface area contributed by atoms with Crippen molar-refractivity contribution in [3.8, 4) is 17.9 Å². The Morgan fingerprint density at radius 1 is 1.41 bits per heavy atom. The molecule has 17 heavy (non-hydrogen) atoms. The number of benzene rings is 1. The lowest BCUT2D eigenvalue weighted by atomic mass is 9.69. The molecule has 1 aromatic rings. The van der Waals surface area contributed by atoms with Crippen molar-refractivity contribution >= 4 is 0 Å². The molecule has 0 saturated carbocycles. The van der Waals surface area contributed by atoms with E-state index in [4.69, 9.17) is 10.00 Å². The average Bonchev–Trinajstić information content (AvgIpc) is 2.38. The highest BCUT2D eigenvalue weighted by Crippen LogP contribution is 2.42. The summed E-state index contributed by atoms with van der Waals surface area (Å²) in [6.07, 6.45) is 2.87. The van der Waals surface area contributed by atoms with E-state index in [1.807, 2.05) is 18.2 Å². The lowest BCUT2D eigenvalue weighted by Gasteiger charge is -2.32. The van der Waals surface area contributed by atoms with Gasteiger partial charge in [-0.3, -0.25) is 0 Å². The second-order valence-electron chi connectivity index (χ2n) is 4.37. The molecule has 0 bridgehead atoms. The molecule has 0 unspecified atom stereocenters. The molecule has 0 fully saturated rings. The number of hydrogen-bond donors (Lipinski definition) is 0. The number of rotatable bonds is 2. The Kier molecular flexibility index (Phi) is 3.02. The standard InChI is InChI=1S/C14H14N2O/c1-17-13-6-2-5-12-11(13)4-3-7-14(12,10-16)8-9-15/h2,5-6H,3-4,7-8H2,1H3/t14-/m1/s1. The number of ether oxygens (including phenoxy) is 1. The molecule has 0 radical (unpaired) electrons. The normalized spacial score (nSPS) is 22.1. The van der Waals surface area contributed by atoms with E-state index in [0.717, 1.165) is 36.1 Å². The molecule has 1 atom stereocenters. The second kappa shape index (κ2) is 4.47. The SMILES string of the molecule is COc1cccc2c1CCC[C@]2(C#N)CC#N. The van der Waals surface area contributed by atoms with Gasteiger partial charge in [-0.15, -0.1) is 0 Å². The predicted molar refractivity (Wildman–Crippen MR) is 63.5 cm³/mol. The summed E-state index contributed by atoms with van der Waals surface area (Å²) >= 11 is 0. The average molecular weight is 226 g/mol. The van der Waals surface area contributed by atoms with Gasteiger partial charge in [0.1, 0.15) is 5.75 Å². The maximum absolute atomic E-state index is 9.44. The first kappa shape index (κ1) is 11.5. The maximum Gasteiger partial charge on any atom is 0.122 e. The molecule has 1 aliphatic rings. The van der Waals surface area contributed by atoms with Crippen molar-refractivity contribution in [2.24, 2.45) is 0 Å². The number of methoxy groups -OCH3 is 1. The highest BCUT2D eigenvalue weighted by Gasteiger charge is 2.37. The first-order valence-corrected chi connectivity index (χ1v) is 5.72. The molecule has 0 saturated heterocycles. The second-order valence-corrected chi connectivity index (χ2v) is 4.37. The zero-order valence-corrected chi connectivity index (χ0v) is 9.86. The van der Waals surface area contributed by atoms with Crippen LogP contribution in [-0.4, -0.2) is 7.11 Å². The summed E-state index contributed by atoms with van der Waals surface area (Å²) in [6, 6.07) is 10.3. The Labute approximate surface area is 101 Å². The Morgan fingerprint density at radius 3 is 2.88 bits per heavy atom. The monoisotopic (exact) mass is 226 g/mol. The molecule has 3 heteroatoms. The summed E-state index contributed by atoms with van der Waals surface area (Å²) in [6.45, 7) is 0. The van der Waals surface area contributed by atoms with Gasteiger partial charge >= 0.3 is 0 Å². The molecule has 0 spiro atoms. The Bertz CT molecular complexity index is 510. The van der Waals surface area contributed by atoms with E-state index in [9.17, 15) is 5.26 Å². The van der Waals surface area contributed by atoms with Gasteiger partial charge in [-0.1, -0.05) is 12.1 Å². The van der Waals surface area contributed by atoms with E-state index in [1.54, 1.807) is 7.11 Å². The summed E-state index contributed by atoms with van der Waals surface area (Å²) in [4.78, 5) is 0. The van der Waals surface area contributed by atoms with E-state index in [-0.39, 0.29) is 6.42 Å². The summed E-state index contributed by atoms with van der Waals surface area (Å²) in [5, 5.41) is 18.4. The Balaban J connectivity index is 2.59. The molecule has 3 nitrogen and oxygen atoms in total. The van der Waals surface area contributed by atoms with E-state index >= 15 is 0 Å². The smallest absolute Gasteiger partial charge is 0.122 e. The van der Waals surface area contributed by atoms with Crippen LogP contribution in [0, 0.1) is 22.7 Å². The van der Waals surface area contributed by atoms with Gasteiger partial charge < -0.3 is 4.74 Å². The summed E-state index contributed by atoms with van der Waals surface area (Å²) in [5.74, 6) is 0.833. The fraction of sp³-hybridized carbons (Fsp3) is 0.429. The van der Waals surface area contributed by atoms with Crippen LogP contribution in [0.1, 0.15) is 30.4 Å². The maximum atomic E-state index is 9.44. The summed E-state index contributed by atoms with van der Waals surface area (Å²) in [5.41, 5.74) is 1.43. The van der Waals surface area contributed by atoms with Gasteiger partial charge in [-0.2, -0.15) is 10.5 Å². The molecule has 0 heterocycles. The predicted octanol–water partition coefficient (Wildman–Crippen LogP) is 2.71. The zero-order valence-electron chi connectivity index (χ0n) is 9.86. The van der Waals surface area contributed by atoms with Gasteiger partial charge in [0.2, 0.25) is 0 Å². The van der Waals surface area contributed by atoms with Gasteiger partial charge in [0.25, 0.3) is 0 Å². The number of hydrogen-bond acceptors (Lipinski definition) is 3. The third kappa shape index (κ3) is 1.74. The summed E-state index contributed by atoms with van der Waals surface area (Å²) in [7, 11) is 1.64. The van der Waals surface area contributed by atoms with Gasteiger partial charge in [-0.05, 0) is 36.5 Å². The third-order valence-electron chi connectivity index (χ3n) is 3.49. The first-order chi connectivity index (χ1) is 8.27. The highest BCUT2D eigenvalue weighted by atomic mass is 16.5. The van der Waals surface area contributed by atoms with Crippen LogP contribution in [-0.2, 0) is 11.8 Å². The molecule has 86 valence electrons. The van der Waals surface area contributed by atoms with Gasteiger partial charge in [-0.25, -0.2) is 0 Å². The van der Waals surface area contributed by atoms with E-state index in [1.165, 1.54) is 0 Å². The van der Waals surface area contributed by atoms with Gasteiger partial charge in [0, 0.05) is 0 Å². The molecular weight excluding hydrogens is 212 g/mol. The molecule has 0 amide bonds. The van der Waals surface area contributed by atoms with E-state index in [2.05, 4.69) is 12.1 Å². The minimum absolute atomic E-state index is 0.254. The van der Waals surface area contributed by atoms with Crippen LogP contribution in [0.3, 0.4) is 0 Å². The fourth-order valence-electron chi connectivity index (χ4n) is 2.64. The van der Waals surface area contributed by atoms with Crippen molar-refractivity contribution in [3.63, 3.8) is 0 Å². The van der Waals surface area contributed by atoms with Crippen molar-refractivity contribution in [2.75, 3.05) is 7.11 Å². The number of fused-ring (bicyclic) bond motifs is 1.